The molecular weight excluding hydrogens is 150 g/mol. The summed E-state index contributed by atoms with van der Waals surface area (Å²) in [7, 11) is 0. The smallest absolute Gasteiger partial charge is 0.0693 e. The fourth-order valence-electron chi connectivity index (χ4n) is 2.61. The van der Waals surface area contributed by atoms with Crippen molar-refractivity contribution in [1.82, 2.24) is 0 Å². The van der Waals surface area contributed by atoms with E-state index < -0.39 is 0 Å². The maximum atomic E-state index is 8.45. The molecule has 0 unspecified atom stereocenters. The van der Waals surface area contributed by atoms with Gasteiger partial charge in [-0.05, 0) is 35.7 Å². The summed E-state index contributed by atoms with van der Waals surface area (Å²) in [5.41, 5.74) is 1.66. The van der Waals surface area contributed by atoms with Gasteiger partial charge < -0.3 is 5.21 Å². The lowest BCUT2D eigenvalue weighted by atomic mass is 9.49. The molecule has 0 heterocycles. The molecular formula is C10H15NO. The predicted molar refractivity (Wildman–Crippen MR) is 48.4 cm³/mol. The van der Waals surface area contributed by atoms with Crippen LogP contribution in [0.15, 0.2) is 16.8 Å². The van der Waals surface area contributed by atoms with E-state index in [1.807, 2.05) is 0 Å². The van der Waals surface area contributed by atoms with Crippen molar-refractivity contribution in [3.8, 4) is 0 Å². The van der Waals surface area contributed by atoms with Gasteiger partial charge in [-0.2, -0.15) is 0 Å². The van der Waals surface area contributed by atoms with Crippen molar-refractivity contribution in [2.45, 2.75) is 26.7 Å². The first-order valence-corrected chi connectivity index (χ1v) is 4.53. The maximum Gasteiger partial charge on any atom is 0.0693 e. The molecule has 1 fully saturated rings. The second-order valence-electron chi connectivity index (χ2n) is 4.49. The summed E-state index contributed by atoms with van der Waals surface area (Å²) < 4.78 is 0. The Kier molecular flexibility index (Phi) is 1.53. The number of allylic oxidation sites excluding steroid dienone is 2. The molecule has 2 bridgehead atoms. The third kappa shape index (κ3) is 0.838. The second kappa shape index (κ2) is 2.35. The SMILES string of the molecule is CC1(C)[C@H]2CC=C(/C=N\O)[C@@H]1C2. The summed E-state index contributed by atoms with van der Waals surface area (Å²) in [6, 6.07) is 0. The van der Waals surface area contributed by atoms with Crippen LogP contribution >= 0.6 is 0 Å². The van der Waals surface area contributed by atoms with E-state index in [4.69, 9.17) is 5.21 Å². The molecule has 0 radical (unpaired) electrons. The predicted octanol–water partition coefficient (Wildman–Crippen LogP) is 2.44. The Bertz CT molecular complexity index is 253. The van der Waals surface area contributed by atoms with Crippen molar-refractivity contribution >= 4 is 6.21 Å². The fourth-order valence-corrected chi connectivity index (χ4v) is 2.61. The van der Waals surface area contributed by atoms with Gasteiger partial charge in [0.15, 0.2) is 0 Å². The third-order valence-electron chi connectivity index (χ3n) is 3.72. The molecule has 3 rings (SSSR count). The third-order valence-corrected chi connectivity index (χ3v) is 3.72. The Hall–Kier alpha value is -0.790. The number of hydrogen-bond acceptors (Lipinski definition) is 2. The summed E-state index contributed by atoms with van der Waals surface area (Å²) in [6.07, 6.45) is 6.25. The van der Waals surface area contributed by atoms with Crippen molar-refractivity contribution in [3.63, 3.8) is 0 Å². The van der Waals surface area contributed by atoms with E-state index in [0.717, 1.165) is 12.3 Å². The van der Waals surface area contributed by atoms with Crippen LogP contribution < -0.4 is 0 Å². The van der Waals surface area contributed by atoms with Gasteiger partial charge in [0.05, 0.1) is 6.21 Å². The van der Waals surface area contributed by atoms with Crippen LogP contribution in [-0.4, -0.2) is 11.4 Å². The molecule has 1 N–H and O–H groups in total. The Morgan fingerprint density at radius 3 is 2.92 bits per heavy atom. The van der Waals surface area contributed by atoms with Crippen LogP contribution in [0.3, 0.4) is 0 Å². The average Bonchev–Trinajstić information content (AvgIpc) is 2.05. The highest BCUT2D eigenvalue weighted by atomic mass is 16.4. The molecule has 0 amide bonds. The molecule has 12 heavy (non-hydrogen) atoms. The second-order valence-corrected chi connectivity index (χ2v) is 4.49. The van der Waals surface area contributed by atoms with Gasteiger partial charge in [-0.15, -0.1) is 0 Å². The van der Waals surface area contributed by atoms with E-state index in [-0.39, 0.29) is 0 Å². The van der Waals surface area contributed by atoms with Gasteiger partial charge in [0, 0.05) is 0 Å². The lowest BCUT2D eigenvalue weighted by molar-refractivity contribution is -0.00141. The first kappa shape index (κ1) is 7.84. The zero-order valence-electron chi connectivity index (χ0n) is 7.62. The normalized spacial score (nSPS) is 37.7. The highest BCUT2D eigenvalue weighted by Crippen LogP contribution is 2.58. The molecule has 66 valence electrons. The molecule has 2 atom stereocenters. The van der Waals surface area contributed by atoms with Gasteiger partial charge in [-0.3, -0.25) is 0 Å². The van der Waals surface area contributed by atoms with Crippen LogP contribution in [0.25, 0.3) is 0 Å². The Morgan fingerprint density at radius 2 is 2.42 bits per heavy atom. The first-order valence-electron chi connectivity index (χ1n) is 4.53. The van der Waals surface area contributed by atoms with Crippen molar-refractivity contribution in [2.24, 2.45) is 22.4 Å². The molecule has 2 heteroatoms. The number of rotatable bonds is 1. The van der Waals surface area contributed by atoms with E-state index in [2.05, 4.69) is 25.1 Å². The van der Waals surface area contributed by atoms with Crippen LogP contribution in [0.5, 0.6) is 0 Å². The topological polar surface area (TPSA) is 32.6 Å². The van der Waals surface area contributed by atoms with Gasteiger partial charge in [0.25, 0.3) is 0 Å². The zero-order chi connectivity index (χ0) is 8.77. The largest absolute Gasteiger partial charge is 0.411 e. The molecule has 3 aliphatic rings. The van der Waals surface area contributed by atoms with Gasteiger partial charge in [0.2, 0.25) is 0 Å². The monoisotopic (exact) mass is 165 g/mol. The molecule has 1 saturated carbocycles. The molecule has 0 aromatic heterocycles. The van der Waals surface area contributed by atoms with Crippen LogP contribution in [0.4, 0.5) is 0 Å². The van der Waals surface area contributed by atoms with Crippen molar-refractivity contribution in [2.75, 3.05) is 0 Å². The van der Waals surface area contributed by atoms with E-state index >= 15 is 0 Å². The summed E-state index contributed by atoms with van der Waals surface area (Å²) in [4.78, 5) is 0. The van der Waals surface area contributed by atoms with E-state index in [0.29, 0.717) is 11.3 Å². The van der Waals surface area contributed by atoms with E-state index in [1.165, 1.54) is 12.0 Å². The molecule has 0 aromatic rings. The Balaban J connectivity index is 2.23. The highest BCUT2D eigenvalue weighted by molar-refractivity contribution is 5.79. The van der Waals surface area contributed by atoms with Gasteiger partial charge in [-0.25, -0.2) is 0 Å². The maximum absolute atomic E-state index is 8.45. The van der Waals surface area contributed by atoms with Crippen LogP contribution in [0, 0.1) is 17.3 Å². The lowest BCUT2D eigenvalue weighted by Crippen LogP contribution is -2.48. The molecule has 3 aliphatic carbocycles. The van der Waals surface area contributed by atoms with Crippen LogP contribution in [0.2, 0.25) is 0 Å². The zero-order valence-corrected chi connectivity index (χ0v) is 7.62. The van der Waals surface area contributed by atoms with Crippen LogP contribution in [0.1, 0.15) is 26.7 Å². The quantitative estimate of drug-likeness (QED) is 0.361. The van der Waals surface area contributed by atoms with E-state index in [1.54, 1.807) is 6.21 Å². The van der Waals surface area contributed by atoms with Gasteiger partial charge >= 0.3 is 0 Å². The van der Waals surface area contributed by atoms with Gasteiger partial charge in [-0.1, -0.05) is 25.1 Å². The number of nitrogens with zero attached hydrogens (tertiary/aromatic N) is 1. The number of oxime groups is 1. The molecule has 0 aliphatic heterocycles. The number of hydrogen-bond donors (Lipinski definition) is 1. The molecule has 0 saturated heterocycles. The average molecular weight is 165 g/mol. The Labute approximate surface area is 73.0 Å². The summed E-state index contributed by atoms with van der Waals surface area (Å²) in [5.74, 6) is 1.49. The molecule has 0 spiro atoms. The minimum absolute atomic E-state index is 0.436. The summed E-state index contributed by atoms with van der Waals surface area (Å²) in [6.45, 7) is 4.62. The highest BCUT2D eigenvalue weighted by Gasteiger charge is 2.50. The number of fused-ring (bicyclic) bond motifs is 1. The van der Waals surface area contributed by atoms with Crippen molar-refractivity contribution in [1.29, 1.82) is 0 Å². The minimum Gasteiger partial charge on any atom is -0.411 e. The lowest BCUT2D eigenvalue weighted by Gasteiger charge is -2.55. The van der Waals surface area contributed by atoms with Crippen molar-refractivity contribution < 1.29 is 5.21 Å². The first-order chi connectivity index (χ1) is 5.66. The molecule has 2 nitrogen and oxygen atoms in total. The van der Waals surface area contributed by atoms with E-state index in [9.17, 15) is 0 Å². The molecule has 0 aromatic carbocycles. The minimum atomic E-state index is 0.436. The van der Waals surface area contributed by atoms with Crippen molar-refractivity contribution in [3.05, 3.63) is 11.6 Å². The standard InChI is InChI=1S/C10H15NO/c1-10(2)8-4-3-7(6-11-12)9(10)5-8/h3,6,8-9,12H,4-5H2,1-2H3/b11-6-/t8-,9-/m0/s1. The Morgan fingerprint density at radius 1 is 1.67 bits per heavy atom. The summed E-state index contributed by atoms with van der Waals surface area (Å²) >= 11 is 0. The fraction of sp³-hybridized carbons (Fsp3) is 0.700. The van der Waals surface area contributed by atoms with Crippen LogP contribution in [-0.2, 0) is 0 Å². The summed E-state index contributed by atoms with van der Waals surface area (Å²) in [5, 5.41) is 11.6. The van der Waals surface area contributed by atoms with Gasteiger partial charge in [0.1, 0.15) is 0 Å².